The van der Waals surface area contributed by atoms with Gasteiger partial charge in [0.15, 0.2) is 0 Å². The van der Waals surface area contributed by atoms with Crippen molar-refractivity contribution in [3.05, 3.63) is 40.7 Å². The Kier molecular flexibility index (Phi) is 1.97. The largest absolute Gasteiger partial charge is 0.244 e. The van der Waals surface area contributed by atoms with E-state index in [2.05, 4.69) is 24.0 Å². The van der Waals surface area contributed by atoms with E-state index >= 15 is 0 Å². The van der Waals surface area contributed by atoms with Crippen LogP contribution >= 0.6 is 11.6 Å². The van der Waals surface area contributed by atoms with Gasteiger partial charge in [-0.3, -0.25) is 0 Å². The minimum absolute atomic E-state index is 0.596. The third kappa shape index (κ3) is 1.29. The van der Waals surface area contributed by atoms with Crippen LogP contribution in [-0.2, 0) is 0 Å². The van der Waals surface area contributed by atoms with Crippen molar-refractivity contribution < 1.29 is 0 Å². The molecule has 0 saturated heterocycles. The normalized spacial score (nSPS) is 10.7. The summed E-state index contributed by atoms with van der Waals surface area (Å²) in [5.41, 5.74) is 2.35. The standard InChI is InChI=1S/C11H10ClN/c1-7-4-3-5-9-8(2)6-13-11(12)10(7)9/h3-6H,1-2H3. The number of hydrogen-bond donors (Lipinski definition) is 0. The number of pyridine rings is 1. The summed E-state index contributed by atoms with van der Waals surface area (Å²) in [7, 11) is 0. The Morgan fingerprint density at radius 3 is 2.62 bits per heavy atom. The van der Waals surface area contributed by atoms with Gasteiger partial charge in [-0.1, -0.05) is 29.8 Å². The molecule has 66 valence electrons. The Hall–Kier alpha value is -1.08. The maximum atomic E-state index is 6.02. The van der Waals surface area contributed by atoms with Crippen LogP contribution in [0.4, 0.5) is 0 Å². The topological polar surface area (TPSA) is 12.9 Å². The maximum absolute atomic E-state index is 6.02. The van der Waals surface area contributed by atoms with Crippen molar-refractivity contribution in [1.82, 2.24) is 4.98 Å². The molecular weight excluding hydrogens is 182 g/mol. The van der Waals surface area contributed by atoms with Gasteiger partial charge in [0, 0.05) is 11.6 Å². The molecule has 0 aliphatic carbocycles. The van der Waals surface area contributed by atoms with Gasteiger partial charge in [0.05, 0.1) is 0 Å². The molecule has 2 rings (SSSR count). The summed E-state index contributed by atoms with van der Waals surface area (Å²) in [6.45, 7) is 4.10. The first-order valence-electron chi connectivity index (χ1n) is 4.20. The summed E-state index contributed by atoms with van der Waals surface area (Å²) in [6, 6.07) is 6.17. The monoisotopic (exact) mass is 191 g/mol. The molecule has 0 aliphatic heterocycles. The van der Waals surface area contributed by atoms with E-state index in [0.717, 1.165) is 5.39 Å². The Morgan fingerprint density at radius 2 is 1.92 bits per heavy atom. The highest BCUT2D eigenvalue weighted by molar-refractivity contribution is 6.34. The fourth-order valence-corrected chi connectivity index (χ4v) is 1.86. The summed E-state index contributed by atoms with van der Waals surface area (Å²) in [4.78, 5) is 4.13. The molecular formula is C11H10ClN. The van der Waals surface area contributed by atoms with Gasteiger partial charge in [-0.05, 0) is 30.4 Å². The average molecular weight is 192 g/mol. The van der Waals surface area contributed by atoms with Crippen molar-refractivity contribution >= 4 is 22.4 Å². The Labute approximate surface area is 82.4 Å². The van der Waals surface area contributed by atoms with Crippen molar-refractivity contribution in [1.29, 1.82) is 0 Å². The van der Waals surface area contributed by atoms with Gasteiger partial charge in [0.25, 0.3) is 0 Å². The van der Waals surface area contributed by atoms with Crippen molar-refractivity contribution in [2.45, 2.75) is 13.8 Å². The van der Waals surface area contributed by atoms with Crippen LogP contribution in [-0.4, -0.2) is 4.98 Å². The first kappa shape index (κ1) is 8.52. The molecule has 0 fully saturated rings. The Bertz CT molecular complexity index is 455. The number of hydrogen-bond acceptors (Lipinski definition) is 1. The van der Waals surface area contributed by atoms with E-state index in [1.54, 1.807) is 0 Å². The third-order valence-corrected chi connectivity index (χ3v) is 2.56. The number of aryl methyl sites for hydroxylation is 2. The third-order valence-electron chi connectivity index (χ3n) is 2.28. The van der Waals surface area contributed by atoms with Gasteiger partial charge in [0.1, 0.15) is 5.15 Å². The number of benzene rings is 1. The van der Waals surface area contributed by atoms with Gasteiger partial charge in [-0.15, -0.1) is 0 Å². The van der Waals surface area contributed by atoms with E-state index in [0.29, 0.717) is 5.15 Å². The molecule has 0 radical (unpaired) electrons. The van der Waals surface area contributed by atoms with Crippen LogP contribution in [0.1, 0.15) is 11.1 Å². The molecule has 2 aromatic rings. The summed E-state index contributed by atoms with van der Waals surface area (Å²) in [5, 5.41) is 2.86. The van der Waals surface area contributed by atoms with Crippen LogP contribution in [0.5, 0.6) is 0 Å². The van der Waals surface area contributed by atoms with Crippen LogP contribution < -0.4 is 0 Å². The molecule has 0 N–H and O–H groups in total. The molecule has 0 saturated carbocycles. The molecule has 0 aliphatic rings. The molecule has 2 heteroatoms. The Morgan fingerprint density at radius 1 is 1.15 bits per heavy atom. The van der Waals surface area contributed by atoms with E-state index < -0.39 is 0 Å². The predicted molar refractivity (Wildman–Crippen MR) is 56.2 cm³/mol. The number of fused-ring (bicyclic) bond motifs is 1. The van der Waals surface area contributed by atoms with E-state index in [9.17, 15) is 0 Å². The second-order valence-corrected chi connectivity index (χ2v) is 3.59. The zero-order valence-corrected chi connectivity index (χ0v) is 8.39. The molecule has 0 atom stereocenters. The lowest BCUT2D eigenvalue weighted by molar-refractivity contribution is 1.30. The smallest absolute Gasteiger partial charge is 0.137 e. The van der Waals surface area contributed by atoms with Crippen LogP contribution in [0.3, 0.4) is 0 Å². The van der Waals surface area contributed by atoms with E-state index in [1.165, 1.54) is 16.5 Å². The maximum Gasteiger partial charge on any atom is 0.137 e. The molecule has 13 heavy (non-hydrogen) atoms. The van der Waals surface area contributed by atoms with Crippen LogP contribution in [0, 0.1) is 13.8 Å². The first-order valence-corrected chi connectivity index (χ1v) is 4.58. The number of nitrogens with zero attached hydrogens (tertiary/aromatic N) is 1. The summed E-state index contributed by atoms with van der Waals surface area (Å²) in [6.07, 6.45) is 1.81. The lowest BCUT2D eigenvalue weighted by Crippen LogP contribution is -1.86. The summed E-state index contributed by atoms with van der Waals surface area (Å²) in [5.74, 6) is 0. The van der Waals surface area contributed by atoms with Crippen molar-refractivity contribution in [3.63, 3.8) is 0 Å². The number of rotatable bonds is 0. The van der Waals surface area contributed by atoms with Crippen molar-refractivity contribution in [3.8, 4) is 0 Å². The molecule has 0 amide bonds. The van der Waals surface area contributed by atoms with Gasteiger partial charge in [-0.2, -0.15) is 0 Å². The minimum atomic E-state index is 0.596. The zero-order valence-electron chi connectivity index (χ0n) is 7.63. The summed E-state index contributed by atoms with van der Waals surface area (Å²) < 4.78 is 0. The highest BCUT2D eigenvalue weighted by Gasteiger charge is 2.04. The van der Waals surface area contributed by atoms with Crippen molar-refractivity contribution in [2.24, 2.45) is 0 Å². The second kappa shape index (κ2) is 3.00. The lowest BCUT2D eigenvalue weighted by atomic mass is 10.1. The molecule has 1 aromatic heterocycles. The van der Waals surface area contributed by atoms with Crippen LogP contribution in [0.2, 0.25) is 5.15 Å². The Balaban J connectivity index is 3.00. The quantitative estimate of drug-likeness (QED) is 0.581. The SMILES string of the molecule is Cc1cnc(Cl)c2c(C)cccc12. The summed E-state index contributed by atoms with van der Waals surface area (Å²) >= 11 is 6.02. The zero-order chi connectivity index (χ0) is 9.42. The second-order valence-electron chi connectivity index (χ2n) is 3.23. The molecule has 1 heterocycles. The molecule has 0 bridgehead atoms. The lowest BCUT2D eigenvalue weighted by Gasteiger charge is -2.05. The minimum Gasteiger partial charge on any atom is -0.244 e. The first-order chi connectivity index (χ1) is 6.20. The van der Waals surface area contributed by atoms with Gasteiger partial charge in [0.2, 0.25) is 0 Å². The van der Waals surface area contributed by atoms with Crippen LogP contribution in [0.15, 0.2) is 24.4 Å². The van der Waals surface area contributed by atoms with Crippen molar-refractivity contribution in [2.75, 3.05) is 0 Å². The number of aromatic nitrogens is 1. The fourth-order valence-electron chi connectivity index (χ4n) is 1.56. The molecule has 1 nitrogen and oxygen atoms in total. The molecule has 1 aromatic carbocycles. The predicted octanol–water partition coefficient (Wildman–Crippen LogP) is 3.51. The van der Waals surface area contributed by atoms with Crippen LogP contribution in [0.25, 0.3) is 10.8 Å². The molecule has 0 unspecified atom stereocenters. The van der Waals surface area contributed by atoms with E-state index in [4.69, 9.17) is 11.6 Å². The van der Waals surface area contributed by atoms with Gasteiger partial charge < -0.3 is 0 Å². The van der Waals surface area contributed by atoms with E-state index in [1.807, 2.05) is 19.2 Å². The molecule has 0 spiro atoms. The average Bonchev–Trinajstić information content (AvgIpc) is 2.12. The highest BCUT2D eigenvalue weighted by Crippen LogP contribution is 2.26. The fraction of sp³-hybridized carbons (Fsp3) is 0.182. The highest BCUT2D eigenvalue weighted by atomic mass is 35.5. The van der Waals surface area contributed by atoms with Gasteiger partial charge in [-0.25, -0.2) is 4.98 Å². The van der Waals surface area contributed by atoms with Gasteiger partial charge >= 0.3 is 0 Å². The number of halogens is 1. The van der Waals surface area contributed by atoms with E-state index in [-0.39, 0.29) is 0 Å².